The lowest BCUT2D eigenvalue weighted by Crippen LogP contribution is -2.60. The number of carbonyl (C=O) groups is 3. The summed E-state index contributed by atoms with van der Waals surface area (Å²) in [6.45, 7) is 3.57. The second kappa shape index (κ2) is 12.1. The molecule has 1 saturated heterocycles. The monoisotopic (exact) mass is 575 g/mol. The van der Waals surface area contributed by atoms with Gasteiger partial charge in [0.1, 0.15) is 30.2 Å². The van der Waals surface area contributed by atoms with Crippen LogP contribution in [0.3, 0.4) is 0 Å². The molecule has 10 nitrogen and oxygen atoms in total. The molecule has 0 radical (unpaired) electrons. The summed E-state index contributed by atoms with van der Waals surface area (Å²) in [6.07, 6.45) is -1.98. The number of piperidine rings is 1. The van der Waals surface area contributed by atoms with E-state index in [0.717, 1.165) is 5.01 Å². The molecule has 0 bridgehead atoms. The van der Waals surface area contributed by atoms with Crippen molar-refractivity contribution in [1.29, 1.82) is 0 Å². The summed E-state index contributed by atoms with van der Waals surface area (Å²) < 4.78 is 51.6. The highest BCUT2D eigenvalue weighted by Gasteiger charge is 2.55. The van der Waals surface area contributed by atoms with Crippen LogP contribution >= 0.6 is 0 Å². The van der Waals surface area contributed by atoms with Crippen molar-refractivity contribution in [2.24, 2.45) is 10.5 Å². The maximum atomic E-state index is 14.2. The first-order chi connectivity index (χ1) is 19.4. The number of pyridine rings is 1. The summed E-state index contributed by atoms with van der Waals surface area (Å²) in [6, 6.07) is 9.43. The van der Waals surface area contributed by atoms with Crippen LogP contribution in [0.1, 0.15) is 32.9 Å². The number of nitrogens with one attached hydrogen (secondary N) is 1. The number of alkyl carbamates (subject to hydrolysis) is 1. The van der Waals surface area contributed by atoms with Gasteiger partial charge in [-0.05, 0) is 45.0 Å². The van der Waals surface area contributed by atoms with Gasteiger partial charge in [-0.2, -0.15) is 5.10 Å². The van der Waals surface area contributed by atoms with Gasteiger partial charge < -0.3 is 19.7 Å². The van der Waals surface area contributed by atoms with E-state index in [1.165, 1.54) is 23.1 Å². The number of hydrogen-bond donors (Lipinski definition) is 1. The smallest absolute Gasteiger partial charge is 0.408 e. The Hall–Kier alpha value is -4.16. The maximum absolute atomic E-state index is 14.2. The largest absolute Gasteiger partial charge is 0.488 e. The van der Waals surface area contributed by atoms with Crippen molar-refractivity contribution in [3.05, 3.63) is 60.2 Å². The van der Waals surface area contributed by atoms with Crippen LogP contribution in [0.2, 0.25) is 0 Å². The molecule has 0 aliphatic carbocycles. The summed E-state index contributed by atoms with van der Waals surface area (Å²) >= 11 is 0. The van der Waals surface area contributed by atoms with Crippen LogP contribution < -0.4 is 10.1 Å². The van der Waals surface area contributed by atoms with Gasteiger partial charge in [-0.25, -0.2) is 23.0 Å². The van der Waals surface area contributed by atoms with E-state index in [-0.39, 0.29) is 31.7 Å². The molecule has 4 rings (SSSR count). The van der Waals surface area contributed by atoms with Gasteiger partial charge in [-0.1, -0.05) is 18.2 Å². The minimum Gasteiger partial charge on any atom is -0.488 e. The predicted molar refractivity (Wildman–Crippen MR) is 142 cm³/mol. The van der Waals surface area contributed by atoms with Gasteiger partial charge in [0.25, 0.3) is 12.3 Å². The molecule has 3 amide bonds. The van der Waals surface area contributed by atoms with E-state index >= 15 is 0 Å². The Balaban J connectivity index is 1.60. The molecule has 1 N–H and O–H groups in total. The third-order valence-electron chi connectivity index (χ3n) is 6.58. The molecule has 3 heterocycles. The molecule has 0 spiro atoms. The molecule has 2 atom stereocenters. The normalized spacial score (nSPS) is 19.5. The summed E-state index contributed by atoms with van der Waals surface area (Å²) in [5, 5.41) is 7.46. The number of rotatable bonds is 9. The van der Waals surface area contributed by atoms with Crippen molar-refractivity contribution >= 4 is 23.6 Å². The van der Waals surface area contributed by atoms with Gasteiger partial charge in [-0.15, -0.1) is 0 Å². The number of benzene rings is 1. The third kappa shape index (κ3) is 7.14. The van der Waals surface area contributed by atoms with E-state index in [2.05, 4.69) is 15.4 Å². The van der Waals surface area contributed by atoms with Crippen molar-refractivity contribution in [3.8, 4) is 5.75 Å². The molecule has 0 saturated carbocycles. The fourth-order valence-corrected chi connectivity index (χ4v) is 4.82. The first-order valence-electron chi connectivity index (χ1n) is 13.1. The number of fused-ring (bicyclic) bond motifs is 1. The Bertz CT molecular complexity index is 1300. The molecule has 1 aromatic heterocycles. The molecule has 1 aromatic carbocycles. The molecule has 220 valence electrons. The van der Waals surface area contributed by atoms with E-state index in [0.29, 0.717) is 11.4 Å². The van der Waals surface area contributed by atoms with Crippen LogP contribution in [-0.2, 0) is 20.7 Å². The van der Waals surface area contributed by atoms with E-state index in [1.54, 1.807) is 51.2 Å². The van der Waals surface area contributed by atoms with E-state index in [1.807, 2.05) is 0 Å². The zero-order valence-corrected chi connectivity index (χ0v) is 23.0. The summed E-state index contributed by atoms with van der Waals surface area (Å²) in [5.74, 6) is -2.05. The topological polar surface area (TPSA) is 113 Å². The van der Waals surface area contributed by atoms with Crippen molar-refractivity contribution < 1.29 is 37.0 Å². The van der Waals surface area contributed by atoms with E-state index in [4.69, 9.17) is 9.47 Å². The Kier molecular flexibility index (Phi) is 8.83. The molecular weight excluding hydrogens is 543 g/mol. The minimum atomic E-state index is -2.80. The Morgan fingerprint density at radius 1 is 1.15 bits per heavy atom. The second-order valence-corrected chi connectivity index (χ2v) is 10.9. The standard InChI is InChI=1S/C28H32F3N5O5/c1-27(2,3)41-26(39)33-20(16-40-21-10-5-4-9-19(21)29)24(37)35-13-11-22-28(17-35,14-18-8-6-7-12-32-18)25(38)36(34-22)15-23(30)31/h4-10,12,20,23H,11,13-17H2,1-3H3,(H,33,39)/t20-,28-/m1/s1. The van der Waals surface area contributed by atoms with Gasteiger partial charge in [0.15, 0.2) is 11.6 Å². The number of likely N-dealkylation sites (tertiary alicyclic amines) is 1. The Morgan fingerprint density at radius 3 is 2.54 bits per heavy atom. The van der Waals surface area contributed by atoms with Gasteiger partial charge >= 0.3 is 6.09 Å². The van der Waals surface area contributed by atoms with E-state index < -0.39 is 60.4 Å². The van der Waals surface area contributed by atoms with Crippen molar-refractivity contribution in [3.63, 3.8) is 0 Å². The fraction of sp³-hybridized carbons (Fsp3) is 0.464. The quantitative estimate of drug-likeness (QED) is 0.491. The van der Waals surface area contributed by atoms with Gasteiger partial charge in [-0.3, -0.25) is 14.6 Å². The molecule has 0 unspecified atom stereocenters. The lowest BCUT2D eigenvalue weighted by Gasteiger charge is -2.40. The van der Waals surface area contributed by atoms with Crippen LogP contribution in [0.15, 0.2) is 53.8 Å². The fourth-order valence-electron chi connectivity index (χ4n) is 4.82. The predicted octanol–water partition coefficient (Wildman–Crippen LogP) is 3.42. The minimum absolute atomic E-state index is 0.0327. The van der Waals surface area contributed by atoms with Crippen LogP contribution in [0.5, 0.6) is 5.75 Å². The molecule has 2 aliphatic rings. The van der Waals surface area contributed by atoms with Gasteiger partial charge in [0, 0.05) is 37.8 Å². The van der Waals surface area contributed by atoms with Gasteiger partial charge in [0.2, 0.25) is 5.91 Å². The number of nitrogens with zero attached hydrogens (tertiary/aromatic N) is 4. The highest BCUT2D eigenvalue weighted by atomic mass is 19.3. The van der Waals surface area contributed by atoms with E-state index in [9.17, 15) is 27.6 Å². The summed E-state index contributed by atoms with van der Waals surface area (Å²) in [7, 11) is 0. The van der Waals surface area contributed by atoms with Crippen LogP contribution in [0, 0.1) is 11.2 Å². The van der Waals surface area contributed by atoms with Crippen LogP contribution in [-0.4, -0.2) is 82.8 Å². The third-order valence-corrected chi connectivity index (χ3v) is 6.58. The van der Waals surface area contributed by atoms with Crippen LogP contribution in [0.25, 0.3) is 0 Å². The molecule has 1 fully saturated rings. The maximum Gasteiger partial charge on any atom is 0.408 e. The zero-order valence-electron chi connectivity index (χ0n) is 23.0. The number of amides is 3. The molecular formula is C28H32F3N5O5. The average Bonchev–Trinajstić information content (AvgIpc) is 3.16. The number of ether oxygens (including phenoxy) is 2. The SMILES string of the molecule is CC(C)(C)OC(=O)N[C@H](COc1ccccc1F)C(=O)N1CCC2=NN(CC(F)F)C(=O)[C@]2(Cc2ccccn2)C1. The second-order valence-electron chi connectivity index (χ2n) is 10.9. The first kappa shape index (κ1) is 29.8. The number of carbonyl (C=O) groups excluding carboxylic acids is 3. The number of alkyl halides is 2. The molecule has 13 heteroatoms. The summed E-state index contributed by atoms with van der Waals surface area (Å²) in [5.41, 5.74) is -1.37. The molecule has 41 heavy (non-hydrogen) atoms. The van der Waals surface area contributed by atoms with Crippen molar-refractivity contribution in [1.82, 2.24) is 20.2 Å². The first-order valence-corrected chi connectivity index (χ1v) is 13.1. The molecule has 2 aromatic rings. The average molecular weight is 576 g/mol. The lowest BCUT2D eigenvalue weighted by molar-refractivity contribution is -0.143. The Labute approximate surface area is 235 Å². The van der Waals surface area contributed by atoms with Gasteiger partial charge in [0.05, 0.1) is 5.71 Å². The van der Waals surface area contributed by atoms with Crippen molar-refractivity contribution in [2.45, 2.75) is 51.7 Å². The zero-order chi connectivity index (χ0) is 29.8. The lowest BCUT2D eigenvalue weighted by atomic mass is 9.74. The molecule has 2 aliphatic heterocycles. The summed E-state index contributed by atoms with van der Waals surface area (Å²) in [4.78, 5) is 45.7. The highest BCUT2D eigenvalue weighted by Crippen LogP contribution is 2.38. The number of aromatic nitrogens is 1. The van der Waals surface area contributed by atoms with Crippen molar-refractivity contribution in [2.75, 3.05) is 26.2 Å². The Morgan fingerprint density at radius 2 is 1.88 bits per heavy atom. The number of halogens is 3. The highest BCUT2D eigenvalue weighted by molar-refractivity contribution is 6.13. The number of hydrazone groups is 1. The number of para-hydroxylation sites is 1. The van der Waals surface area contributed by atoms with Crippen LogP contribution in [0.4, 0.5) is 18.0 Å². The number of hydrogen-bond acceptors (Lipinski definition) is 7.